The Morgan fingerprint density at radius 2 is 1.71 bits per heavy atom. The van der Waals surface area contributed by atoms with Crippen molar-refractivity contribution in [2.75, 3.05) is 0 Å². The number of aromatic hydroxyl groups is 1. The Morgan fingerprint density at radius 3 is 2.61 bits per heavy atom. The van der Waals surface area contributed by atoms with E-state index in [-0.39, 0.29) is 11.6 Å². The number of imidazole rings is 2. The van der Waals surface area contributed by atoms with Gasteiger partial charge < -0.3 is 15.5 Å². The van der Waals surface area contributed by atoms with Crippen molar-refractivity contribution in [1.29, 1.82) is 0 Å². The number of phenols is 1. The van der Waals surface area contributed by atoms with Crippen LogP contribution in [-0.2, 0) is 0 Å². The maximum Gasteiger partial charge on any atom is 0.180 e. The lowest BCUT2D eigenvalue weighted by molar-refractivity contribution is 0.198. The number of benzene rings is 3. The number of thiophene rings is 1. The Labute approximate surface area is 160 Å². The topological polar surface area (TPSA) is 96.3 Å². The summed E-state index contributed by atoms with van der Waals surface area (Å²) in [4.78, 5) is 8.57. The molecule has 6 aromatic rings. The molecular formula is C20H12N4O3S. The molecule has 8 heteroatoms. The molecule has 6 rings (SSSR count). The predicted octanol–water partition coefficient (Wildman–Crippen LogP) is 4.60. The second kappa shape index (κ2) is 5.14. The summed E-state index contributed by atoms with van der Waals surface area (Å²) < 4.78 is 3.68. The number of nitrogens with zero attached hydrogens (tertiary/aromatic N) is 4. The molecule has 0 aliphatic carbocycles. The first-order valence-electron chi connectivity index (χ1n) is 8.53. The first-order valence-corrected chi connectivity index (χ1v) is 9.35. The summed E-state index contributed by atoms with van der Waals surface area (Å²) in [6.07, 6.45) is 1.29. The molecule has 0 aliphatic heterocycles. The summed E-state index contributed by atoms with van der Waals surface area (Å²) in [6.45, 7) is 0. The minimum atomic E-state index is 0.0821. The standard InChI is InChI=1S/C20H12N4O3S/c25-18-12(6-5-11-10-3-1-2-4-17(10)28-19(11)18)20-22-14-8-15-13(21-9-23(15)26)7-16(14)24(20)27/h1-9,25-27H. The average molecular weight is 388 g/mol. The van der Waals surface area contributed by atoms with E-state index in [1.54, 1.807) is 18.2 Å². The first-order chi connectivity index (χ1) is 13.6. The Kier molecular flexibility index (Phi) is 2.81. The molecule has 7 nitrogen and oxygen atoms in total. The molecule has 3 aromatic heterocycles. The maximum absolute atomic E-state index is 10.9. The lowest BCUT2D eigenvalue weighted by Gasteiger charge is -2.05. The van der Waals surface area contributed by atoms with Crippen molar-refractivity contribution < 1.29 is 15.5 Å². The van der Waals surface area contributed by atoms with Gasteiger partial charge >= 0.3 is 0 Å². The van der Waals surface area contributed by atoms with E-state index in [4.69, 9.17) is 0 Å². The van der Waals surface area contributed by atoms with Gasteiger partial charge in [0.2, 0.25) is 0 Å². The van der Waals surface area contributed by atoms with Gasteiger partial charge in [-0.15, -0.1) is 11.3 Å². The number of fused-ring (bicyclic) bond motifs is 5. The van der Waals surface area contributed by atoms with Crippen LogP contribution in [0.2, 0.25) is 0 Å². The summed E-state index contributed by atoms with van der Waals surface area (Å²) in [6, 6.07) is 15.0. The Balaban J connectivity index is 1.65. The molecule has 0 unspecified atom stereocenters. The van der Waals surface area contributed by atoms with E-state index in [0.717, 1.165) is 29.6 Å². The highest BCUT2D eigenvalue weighted by Crippen LogP contribution is 2.43. The fourth-order valence-corrected chi connectivity index (χ4v) is 4.83. The number of rotatable bonds is 1. The van der Waals surface area contributed by atoms with Crippen LogP contribution in [-0.4, -0.2) is 34.9 Å². The van der Waals surface area contributed by atoms with E-state index in [0.29, 0.717) is 27.6 Å². The zero-order chi connectivity index (χ0) is 19.0. The van der Waals surface area contributed by atoms with Crippen LogP contribution < -0.4 is 0 Å². The van der Waals surface area contributed by atoms with E-state index in [1.165, 1.54) is 17.7 Å². The van der Waals surface area contributed by atoms with Gasteiger partial charge in [-0.1, -0.05) is 24.3 Å². The minimum absolute atomic E-state index is 0.0821. The van der Waals surface area contributed by atoms with Crippen molar-refractivity contribution in [2.45, 2.75) is 0 Å². The summed E-state index contributed by atoms with van der Waals surface area (Å²) >= 11 is 1.50. The second-order valence-corrected chi connectivity index (χ2v) is 7.65. The lowest BCUT2D eigenvalue weighted by atomic mass is 10.1. The zero-order valence-corrected chi connectivity index (χ0v) is 15.1. The highest BCUT2D eigenvalue weighted by molar-refractivity contribution is 7.26. The Morgan fingerprint density at radius 1 is 0.893 bits per heavy atom. The molecule has 3 N–H and O–H groups in total. The van der Waals surface area contributed by atoms with E-state index in [2.05, 4.69) is 9.97 Å². The third-order valence-electron chi connectivity index (χ3n) is 5.04. The number of hydrogen-bond donors (Lipinski definition) is 3. The number of phenolic OH excluding ortho intramolecular Hbond substituents is 1. The molecule has 28 heavy (non-hydrogen) atoms. The molecule has 136 valence electrons. The SMILES string of the molecule is Oc1c(-c2nc3cc4c(cc3n2O)ncn4O)ccc2c1sc1ccccc12. The second-order valence-electron chi connectivity index (χ2n) is 6.60. The molecule has 0 aliphatic rings. The Hall–Kier alpha value is -3.78. The molecule has 0 spiro atoms. The van der Waals surface area contributed by atoms with Crippen molar-refractivity contribution in [3.63, 3.8) is 0 Å². The van der Waals surface area contributed by atoms with Crippen molar-refractivity contribution >= 4 is 53.6 Å². The molecule has 0 saturated carbocycles. The molecule has 0 radical (unpaired) electrons. The number of aromatic nitrogens is 4. The van der Waals surface area contributed by atoms with Crippen LogP contribution in [0, 0.1) is 0 Å². The quantitative estimate of drug-likeness (QED) is 0.358. The third kappa shape index (κ3) is 1.87. The average Bonchev–Trinajstić information content (AvgIpc) is 3.36. The summed E-state index contributed by atoms with van der Waals surface area (Å²) in [7, 11) is 0. The fourth-order valence-electron chi connectivity index (χ4n) is 3.68. The number of hydrogen-bond acceptors (Lipinski definition) is 6. The molecule has 0 saturated heterocycles. The van der Waals surface area contributed by atoms with Gasteiger partial charge in [0.05, 0.1) is 21.3 Å². The smallest absolute Gasteiger partial charge is 0.180 e. The van der Waals surface area contributed by atoms with Crippen LogP contribution in [0.15, 0.2) is 54.9 Å². The van der Waals surface area contributed by atoms with Crippen molar-refractivity contribution in [3.8, 4) is 17.1 Å². The molecule has 0 amide bonds. The van der Waals surface area contributed by atoms with Crippen LogP contribution >= 0.6 is 11.3 Å². The molecule has 0 atom stereocenters. The van der Waals surface area contributed by atoms with Gasteiger partial charge in [-0.2, -0.15) is 9.46 Å². The van der Waals surface area contributed by atoms with Gasteiger partial charge in [-0.25, -0.2) is 9.97 Å². The maximum atomic E-state index is 10.9. The molecule has 0 fully saturated rings. The predicted molar refractivity (Wildman–Crippen MR) is 107 cm³/mol. The minimum Gasteiger partial charge on any atom is -0.506 e. The van der Waals surface area contributed by atoms with Gasteiger partial charge in [0, 0.05) is 15.5 Å². The largest absolute Gasteiger partial charge is 0.506 e. The van der Waals surface area contributed by atoms with Gasteiger partial charge in [0.1, 0.15) is 23.1 Å². The van der Waals surface area contributed by atoms with E-state index in [1.807, 2.05) is 30.3 Å². The third-order valence-corrected chi connectivity index (χ3v) is 6.23. The zero-order valence-electron chi connectivity index (χ0n) is 14.2. The van der Waals surface area contributed by atoms with Crippen molar-refractivity contribution in [1.82, 2.24) is 19.4 Å². The van der Waals surface area contributed by atoms with Crippen LogP contribution in [0.4, 0.5) is 0 Å². The van der Waals surface area contributed by atoms with Crippen LogP contribution in [0.5, 0.6) is 5.75 Å². The monoisotopic (exact) mass is 388 g/mol. The van der Waals surface area contributed by atoms with Gasteiger partial charge in [0.25, 0.3) is 0 Å². The van der Waals surface area contributed by atoms with Crippen LogP contribution in [0.3, 0.4) is 0 Å². The van der Waals surface area contributed by atoms with Gasteiger partial charge in [0.15, 0.2) is 5.82 Å². The molecular weight excluding hydrogens is 376 g/mol. The van der Waals surface area contributed by atoms with E-state index < -0.39 is 0 Å². The van der Waals surface area contributed by atoms with Crippen molar-refractivity contribution in [2.24, 2.45) is 0 Å². The summed E-state index contributed by atoms with van der Waals surface area (Å²) in [5, 5.41) is 33.5. The van der Waals surface area contributed by atoms with Crippen LogP contribution in [0.1, 0.15) is 0 Å². The van der Waals surface area contributed by atoms with E-state index in [9.17, 15) is 15.5 Å². The van der Waals surface area contributed by atoms with Gasteiger partial charge in [-0.3, -0.25) is 0 Å². The van der Waals surface area contributed by atoms with Gasteiger partial charge in [-0.05, 0) is 24.3 Å². The molecule has 3 heterocycles. The highest BCUT2D eigenvalue weighted by atomic mass is 32.1. The fraction of sp³-hybridized carbons (Fsp3) is 0. The van der Waals surface area contributed by atoms with Crippen LogP contribution in [0.25, 0.3) is 53.6 Å². The van der Waals surface area contributed by atoms with E-state index >= 15 is 0 Å². The van der Waals surface area contributed by atoms with Crippen molar-refractivity contribution in [3.05, 3.63) is 54.9 Å². The summed E-state index contributed by atoms with van der Waals surface area (Å²) in [5.41, 5.74) is 2.37. The molecule has 3 aromatic carbocycles. The highest BCUT2D eigenvalue weighted by Gasteiger charge is 2.20. The first kappa shape index (κ1) is 15.3. The normalized spacial score (nSPS) is 12.0. The summed E-state index contributed by atoms with van der Waals surface area (Å²) in [5.74, 6) is 0.308. The Bertz CT molecular complexity index is 1560. The lowest BCUT2D eigenvalue weighted by Crippen LogP contribution is -1.94. The molecule has 0 bridgehead atoms.